The van der Waals surface area contributed by atoms with E-state index in [4.69, 9.17) is 5.26 Å². The smallest absolute Gasteiger partial charge is 0.0665 e. The maximum absolute atomic E-state index is 8.97. The van der Waals surface area contributed by atoms with E-state index in [1.807, 2.05) is 6.08 Å². The third-order valence-corrected chi connectivity index (χ3v) is 3.21. The summed E-state index contributed by atoms with van der Waals surface area (Å²) in [6, 6.07) is 2.43. The van der Waals surface area contributed by atoms with Crippen LogP contribution < -0.4 is 0 Å². The van der Waals surface area contributed by atoms with Gasteiger partial charge in [0.05, 0.1) is 12.0 Å². The Morgan fingerprint density at radius 2 is 2.25 bits per heavy atom. The highest BCUT2D eigenvalue weighted by Gasteiger charge is 2.43. The fourth-order valence-corrected chi connectivity index (χ4v) is 2.63. The molecular weight excluding hydrogens is 146 g/mol. The lowest BCUT2D eigenvalue weighted by atomic mass is 9.82. The zero-order chi connectivity index (χ0) is 8.55. The van der Waals surface area contributed by atoms with Gasteiger partial charge in [-0.1, -0.05) is 18.2 Å². The predicted octanol–water partition coefficient (Wildman–Crippen LogP) is 2.52. The van der Waals surface area contributed by atoms with Crippen LogP contribution >= 0.6 is 0 Å². The van der Waals surface area contributed by atoms with Crippen LogP contribution in [0.2, 0.25) is 0 Å². The number of hydrogen-bond donors (Lipinski definition) is 0. The van der Waals surface area contributed by atoms with Crippen molar-refractivity contribution < 1.29 is 0 Å². The van der Waals surface area contributed by atoms with Gasteiger partial charge in [-0.2, -0.15) is 5.26 Å². The minimum atomic E-state index is 0.262. The van der Waals surface area contributed by atoms with Crippen molar-refractivity contribution in [1.29, 1.82) is 5.26 Å². The Labute approximate surface area is 73.4 Å². The van der Waals surface area contributed by atoms with Crippen LogP contribution in [0.5, 0.6) is 0 Å². The molecule has 1 nitrogen and oxygen atoms in total. The van der Waals surface area contributed by atoms with Gasteiger partial charge in [-0.3, -0.25) is 0 Å². The Morgan fingerprint density at radius 1 is 1.50 bits per heavy atom. The van der Waals surface area contributed by atoms with Gasteiger partial charge in [-0.15, -0.1) is 6.58 Å². The fourth-order valence-electron chi connectivity index (χ4n) is 2.63. The van der Waals surface area contributed by atoms with Gasteiger partial charge >= 0.3 is 0 Å². The predicted molar refractivity (Wildman–Crippen MR) is 48.1 cm³/mol. The summed E-state index contributed by atoms with van der Waals surface area (Å²) in [4.78, 5) is 0. The fraction of sp³-hybridized carbons (Fsp3) is 0.545. The summed E-state index contributed by atoms with van der Waals surface area (Å²) in [5, 5.41) is 8.97. The average Bonchev–Trinajstić information content (AvgIpc) is 2.64. The van der Waals surface area contributed by atoms with E-state index in [-0.39, 0.29) is 5.92 Å². The second kappa shape index (κ2) is 2.79. The van der Waals surface area contributed by atoms with Crippen LogP contribution in [0.15, 0.2) is 24.8 Å². The van der Waals surface area contributed by atoms with Gasteiger partial charge in [-0.25, -0.2) is 0 Å². The second-order valence-electron chi connectivity index (χ2n) is 3.79. The monoisotopic (exact) mass is 159 g/mol. The van der Waals surface area contributed by atoms with E-state index in [0.717, 1.165) is 6.42 Å². The zero-order valence-electron chi connectivity index (χ0n) is 7.11. The normalized spacial score (nSPS) is 42.9. The summed E-state index contributed by atoms with van der Waals surface area (Å²) >= 11 is 0. The van der Waals surface area contributed by atoms with Crippen LogP contribution in [0.3, 0.4) is 0 Å². The molecule has 0 radical (unpaired) electrons. The molecule has 0 aromatic rings. The molecule has 62 valence electrons. The lowest BCUT2D eigenvalue weighted by molar-refractivity contribution is 0.381. The Morgan fingerprint density at radius 3 is 2.92 bits per heavy atom. The number of rotatable bonds is 2. The van der Waals surface area contributed by atoms with Crippen molar-refractivity contribution in [3.05, 3.63) is 24.8 Å². The van der Waals surface area contributed by atoms with Crippen LogP contribution in [0, 0.1) is 35.0 Å². The minimum absolute atomic E-state index is 0.262. The van der Waals surface area contributed by atoms with Crippen molar-refractivity contribution in [2.24, 2.45) is 23.7 Å². The lowest BCUT2D eigenvalue weighted by Crippen LogP contribution is -2.17. The maximum atomic E-state index is 8.97. The maximum Gasteiger partial charge on any atom is 0.0665 e. The highest BCUT2D eigenvalue weighted by molar-refractivity contribution is 5.18. The first-order chi connectivity index (χ1) is 5.86. The first kappa shape index (κ1) is 7.61. The molecule has 0 saturated heterocycles. The molecule has 1 saturated carbocycles. The molecule has 0 N–H and O–H groups in total. The number of hydrogen-bond acceptors (Lipinski definition) is 1. The topological polar surface area (TPSA) is 23.8 Å². The third-order valence-electron chi connectivity index (χ3n) is 3.21. The SMILES string of the molecule is C=CCC1C2C=CC(C2)C1C#N. The quantitative estimate of drug-likeness (QED) is 0.568. The largest absolute Gasteiger partial charge is 0.198 e. The van der Waals surface area contributed by atoms with E-state index < -0.39 is 0 Å². The van der Waals surface area contributed by atoms with Crippen LogP contribution in [0.4, 0.5) is 0 Å². The number of allylic oxidation sites excluding steroid dienone is 3. The van der Waals surface area contributed by atoms with E-state index in [2.05, 4.69) is 24.8 Å². The average molecular weight is 159 g/mol. The van der Waals surface area contributed by atoms with Gasteiger partial charge in [0.15, 0.2) is 0 Å². The van der Waals surface area contributed by atoms with Crippen molar-refractivity contribution >= 4 is 0 Å². The summed E-state index contributed by atoms with van der Waals surface area (Å²) in [6.07, 6.45) is 8.66. The Kier molecular flexibility index (Phi) is 1.77. The highest BCUT2D eigenvalue weighted by Crippen LogP contribution is 2.48. The van der Waals surface area contributed by atoms with Crippen molar-refractivity contribution in [1.82, 2.24) is 0 Å². The van der Waals surface area contributed by atoms with Crippen molar-refractivity contribution in [2.75, 3.05) is 0 Å². The van der Waals surface area contributed by atoms with E-state index in [1.54, 1.807) is 0 Å². The van der Waals surface area contributed by atoms with Crippen molar-refractivity contribution in [2.45, 2.75) is 12.8 Å². The molecule has 0 heterocycles. The molecule has 4 unspecified atom stereocenters. The summed E-state index contributed by atoms with van der Waals surface area (Å²) in [5.41, 5.74) is 0. The third kappa shape index (κ3) is 0.914. The highest BCUT2D eigenvalue weighted by atomic mass is 14.5. The summed E-state index contributed by atoms with van der Waals surface area (Å²) in [5.74, 6) is 2.03. The van der Waals surface area contributed by atoms with E-state index in [1.165, 1.54) is 6.42 Å². The molecule has 2 aliphatic rings. The number of fused-ring (bicyclic) bond motifs is 2. The Bertz CT molecular complexity index is 259. The molecule has 2 aliphatic carbocycles. The Hall–Kier alpha value is -1.03. The second-order valence-corrected chi connectivity index (χ2v) is 3.79. The first-order valence-corrected chi connectivity index (χ1v) is 4.55. The standard InChI is InChI=1S/C11H13N/c1-2-3-10-8-4-5-9(6-8)11(10)7-12/h2,4-5,8-11H,1,3,6H2. The van der Waals surface area contributed by atoms with E-state index >= 15 is 0 Å². The summed E-state index contributed by atoms with van der Waals surface area (Å²) < 4.78 is 0. The van der Waals surface area contributed by atoms with E-state index in [9.17, 15) is 0 Å². The molecule has 0 spiro atoms. The van der Waals surface area contributed by atoms with Gasteiger partial charge in [0, 0.05) is 0 Å². The Balaban J connectivity index is 2.18. The molecule has 0 amide bonds. The van der Waals surface area contributed by atoms with Crippen LogP contribution in [0.1, 0.15) is 12.8 Å². The van der Waals surface area contributed by atoms with E-state index in [0.29, 0.717) is 17.8 Å². The van der Waals surface area contributed by atoms with Crippen molar-refractivity contribution in [3.8, 4) is 6.07 Å². The molecule has 0 aliphatic heterocycles. The van der Waals surface area contributed by atoms with Gasteiger partial charge < -0.3 is 0 Å². The van der Waals surface area contributed by atoms with Crippen LogP contribution in [-0.4, -0.2) is 0 Å². The molecule has 2 rings (SSSR count). The molecule has 1 fully saturated rings. The van der Waals surface area contributed by atoms with Crippen molar-refractivity contribution in [3.63, 3.8) is 0 Å². The lowest BCUT2D eigenvalue weighted by Gasteiger charge is -2.20. The molecular formula is C11H13N. The van der Waals surface area contributed by atoms with Gasteiger partial charge in [0.2, 0.25) is 0 Å². The molecule has 12 heavy (non-hydrogen) atoms. The molecule has 2 bridgehead atoms. The van der Waals surface area contributed by atoms with Crippen LogP contribution in [0.25, 0.3) is 0 Å². The number of nitriles is 1. The summed E-state index contributed by atoms with van der Waals surface area (Å²) in [6.45, 7) is 3.74. The first-order valence-electron chi connectivity index (χ1n) is 4.55. The van der Waals surface area contributed by atoms with Gasteiger partial charge in [0.1, 0.15) is 0 Å². The molecule has 1 heteroatoms. The van der Waals surface area contributed by atoms with Gasteiger partial charge in [-0.05, 0) is 30.6 Å². The molecule has 0 aromatic carbocycles. The summed E-state index contributed by atoms with van der Waals surface area (Å²) in [7, 11) is 0. The molecule has 4 atom stereocenters. The van der Waals surface area contributed by atoms with Gasteiger partial charge in [0.25, 0.3) is 0 Å². The molecule has 0 aromatic heterocycles. The minimum Gasteiger partial charge on any atom is -0.198 e. The number of nitrogens with zero attached hydrogens (tertiary/aromatic N) is 1. The zero-order valence-corrected chi connectivity index (χ0v) is 7.11. The van der Waals surface area contributed by atoms with Crippen LogP contribution in [-0.2, 0) is 0 Å².